The fourth-order valence-electron chi connectivity index (χ4n) is 4.07. The first-order chi connectivity index (χ1) is 16.7. The van der Waals surface area contributed by atoms with Gasteiger partial charge in [-0.1, -0.05) is 89.2 Å². The summed E-state index contributed by atoms with van der Waals surface area (Å²) in [4.78, 5) is 17.5. The molecule has 0 radical (unpaired) electrons. The molecule has 0 aliphatic carbocycles. The first-order valence-electron chi connectivity index (χ1n) is 12.5. The topological polar surface area (TPSA) is 70.9 Å². The first kappa shape index (κ1) is 26.8. The maximum Gasteiger partial charge on any atom is 0.345 e. The number of halogens is 1. The van der Waals surface area contributed by atoms with Crippen molar-refractivity contribution in [2.45, 2.75) is 77.7 Å². The summed E-state index contributed by atoms with van der Waals surface area (Å²) in [7, 11) is 0. The second-order valence-electron chi connectivity index (χ2n) is 10.2. The summed E-state index contributed by atoms with van der Waals surface area (Å²) < 4.78 is 5.07. The third kappa shape index (κ3) is 7.86. The summed E-state index contributed by atoms with van der Waals surface area (Å²) >= 11 is 6.04. The molecule has 1 aliphatic rings. The Kier molecular flexibility index (Phi) is 9.39. The van der Waals surface area contributed by atoms with Gasteiger partial charge in [0.1, 0.15) is 23.8 Å². The molecule has 2 aromatic rings. The highest BCUT2D eigenvalue weighted by Crippen LogP contribution is 2.25. The average Bonchev–Trinajstić information content (AvgIpc) is 3.15. The van der Waals surface area contributed by atoms with Crippen LogP contribution in [0.5, 0.6) is 0 Å². The normalized spacial score (nSPS) is 15.3. The molecule has 3 rings (SSSR count). The van der Waals surface area contributed by atoms with Crippen molar-refractivity contribution in [3.8, 4) is 0 Å². The molecule has 1 atom stereocenters. The van der Waals surface area contributed by atoms with Crippen LogP contribution in [0.2, 0.25) is 5.02 Å². The molecule has 2 aromatic carbocycles. The van der Waals surface area contributed by atoms with Gasteiger partial charge in [-0.25, -0.2) is 4.79 Å². The number of benzene rings is 2. The molecule has 2 N–H and O–H groups in total. The highest BCUT2D eigenvalue weighted by atomic mass is 35.5. The first-order valence-corrected chi connectivity index (χ1v) is 12.8. The van der Waals surface area contributed by atoms with Crippen molar-refractivity contribution in [1.29, 1.82) is 0 Å². The van der Waals surface area contributed by atoms with Crippen molar-refractivity contribution >= 4 is 29.1 Å². The van der Waals surface area contributed by atoms with E-state index >= 15 is 0 Å². The Morgan fingerprint density at radius 1 is 1.09 bits per heavy atom. The standard InChI is InChI=1S/C29H37ClN2O3/c1-5-6-7-8-9-24(18-20-10-12-21(13-11-20)29(2,3)4)32-27(26-25(33)19-35-28(26)34)31-23-16-14-22(30)15-17-23/h10-17,24,33H,5-9,18-19H2,1-4H3,(H,31,32). The molecule has 1 heterocycles. The van der Waals surface area contributed by atoms with Gasteiger partial charge in [0.2, 0.25) is 0 Å². The van der Waals surface area contributed by atoms with Gasteiger partial charge in [0.15, 0.2) is 0 Å². The number of nitrogens with zero attached hydrogens (tertiary/aromatic N) is 1. The predicted octanol–water partition coefficient (Wildman–Crippen LogP) is 7.40. The predicted molar refractivity (Wildman–Crippen MR) is 145 cm³/mol. The lowest BCUT2D eigenvalue weighted by Gasteiger charge is -2.20. The van der Waals surface area contributed by atoms with Crippen LogP contribution >= 0.6 is 11.6 Å². The number of cyclic esters (lactones) is 1. The minimum atomic E-state index is -0.568. The zero-order valence-corrected chi connectivity index (χ0v) is 22.0. The number of nitrogens with one attached hydrogen (secondary N) is 1. The molecule has 0 amide bonds. The van der Waals surface area contributed by atoms with Crippen molar-refractivity contribution in [1.82, 2.24) is 0 Å². The van der Waals surface area contributed by atoms with Crippen molar-refractivity contribution in [3.05, 3.63) is 76.0 Å². The second-order valence-corrected chi connectivity index (χ2v) is 10.6. The number of ether oxygens (including phenoxy) is 1. The van der Waals surface area contributed by atoms with Gasteiger partial charge < -0.3 is 15.2 Å². The van der Waals surface area contributed by atoms with Crippen LogP contribution in [0.4, 0.5) is 5.69 Å². The summed E-state index contributed by atoms with van der Waals surface area (Å²) in [6.07, 6.45) is 6.16. The van der Waals surface area contributed by atoms with Crippen molar-refractivity contribution in [2.24, 2.45) is 4.99 Å². The van der Waals surface area contributed by atoms with Crippen LogP contribution in [0.25, 0.3) is 0 Å². The van der Waals surface area contributed by atoms with E-state index in [1.807, 2.05) is 12.1 Å². The van der Waals surface area contributed by atoms with E-state index < -0.39 is 5.97 Å². The number of aliphatic imine (C=N–C) groups is 1. The lowest BCUT2D eigenvalue weighted by molar-refractivity contribution is -0.135. The van der Waals surface area contributed by atoms with Crippen LogP contribution in [0.3, 0.4) is 0 Å². The van der Waals surface area contributed by atoms with E-state index in [9.17, 15) is 9.90 Å². The molecule has 0 fully saturated rings. The zero-order valence-electron chi connectivity index (χ0n) is 21.2. The van der Waals surface area contributed by atoms with Gasteiger partial charge >= 0.3 is 5.97 Å². The highest BCUT2D eigenvalue weighted by molar-refractivity contribution is 6.30. The number of anilines is 1. The van der Waals surface area contributed by atoms with E-state index in [2.05, 4.69) is 57.3 Å². The summed E-state index contributed by atoms with van der Waals surface area (Å²) in [6, 6.07) is 15.8. The second kappa shape index (κ2) is 12.3. The Morgan fingerprint density at radius 3 is 2.34 bits per heavy atom. The number of aliphatic hydroxyl groups excluding tert-OH is 1. The summed E-state index contributed by atoms with van der Waals surface area (Å²) in [6.45, 7) is 8.68. The fourth-order valence-corrected chi connectivity index (χ4v) is 4.20. The zero-order chi connectivity index (χ0) is 25.4. The maximum atomic E-state index is 12.5. The fraction of sp³-hybridized carbons (Fsp3) is 0.448. The lowest BCUT2D eigenvalue weighted by Crippen LogP contribution is -2.24. The molecule has 188 valence electrons. The number of aliphatic hydroxyl groups is 1. The minimum Gasteiger partial charge on any atom is -0.508 e. The van der Waals surface area contributed by atoms with Gasteiger partial charge in [-0.3, -0.25) is 4.99 Å². The average molecular weight is 497 g/mol. The Labute approximate surface area is 214 Å². The van der Waals surface area contributed by atoms with Crippen LogP contribution in [0.1, 0.15) is 70.9 Å². The maximum absolute atomic E-state index is 12.5. The van der Waals surface area contributed by atoms with Crippen molar-refractivity contribution in [3.63, 3.8) is 0 Å². The van der Waals surface area contributed by atoms with Gasteiger partial charge in [0.05, 0.1) is 6.04 Å². The Hall–Kier alpha value is -2.79. The largest absolute Gasteiger partial charge is 0.508 e. The number of carbonyl (C=O) groups excluding carboxylic acids is 1. The third-order valence-electron chi connectivity index (χ3n) is 6.17. The van der Waals surface area contributed by atoms with Crippen LogP contribution in [0.15, 0.2) is 64.9 Å². The van der Waals surface area contributed by atoms with E-state index in [4.69, 9.17) is 21.3 Å². The summed E-state index contributed by atoms with van der Waals surface area (Å²) in [5, 5.41) is 14.2. The Morgan fingerprint density at radius 2 is 1.77 bits per heavy atom. The van der Waals surface area contributed by atoms with E-state index in [1.54, 1.807) is 12.1 Å². The van der Waals surface area contributed by atoms with Crippen molar-refractivity contribution in [2.75, 3.05) is 11.9 Å². The number of amidine groups is 1. The van der Waals surface area contributed by atoms with Gasteiger partial charge in [-0.15, -0.1) is 0 Å². The summed E-state index contributed by atoms with van der Waals surface area (Å²) in [5.41, 5.74) is 3.41. The molecule has 6 heteroatoms. The van der Waals surface area contributed by atoms with Crippen LogP contribution in [-0.4, -0.2) is 29.6 Å². The third-order valence-corrected chi connectivity index (χ3v) is 6.42. The van der Waals surface area contributed by atoms with Gasteiger partial charge in [-0.05, 0) is 53.6 Å². The molecular formula is C29H37ClN2O3. The van der Waals surface area contributed by atoms with E-state index in [-0.39, 0.29) is 29.4 Å². The van der Waals surface area contributed by atoms with Crippen molar-refractivity contribution < 1.29 is 14.6 Å². The molecule has 0 saturated heterocycles. The molecule has 35 heavy (non-hydrogen) atoms. The molecule has 0 spiro atoms. The number of carbonyl (C=O) groups is 1. The van der Waals surface area contributed by atoms with E-state index in [1.165, 1.54) is 17.5 Å². The number of esters is 1. The monoisotopic (exact) mass is 496 g/mol. The number of hydrogen-bond acceptors (Lipinski definition) is 4. The Bertz CT molecular complexity index is 1050. The van der Waals surface area contributed by atoms with E-state index in [0.29, 0.717) is 10.9 Å². The van der Waals surface area contributed by atoms with Crippen LogP contribution in [0, 0.1) is 0 Å². The van der Waals surface area contributed by atoms with Crippen LogP contribution in [-0.2, 0) is 21.4 Å². The molecule has 5 nitrogen and oxygen atoms in total. The molecule has 0 saturated carbocycles. The van der Waals surface area contributed by atoms with Crippen LogP contribution < -0.4 is 5.32 Å². The molecule has 1 aliphatic heterocycles. The SMILES string of the molecule is CCCCCCC(Cc1ccc(C(C)(C)C)cc1)N=C(Nc1ccc(Cl)cc1)C1=C(O)COC1=O. The van der Waals surface area contributed by atoms with Gasteiger partial charge in [0, 0.05) is 10.7 Å². The molecule has 1 unspecified atom stereocenters. The Balaban J connectivity index is 1.92. The molecule has 0 aromatic heterocycles. The minimum absolute atomic E-state index is 0.0594. The quantitative estimate of drug-likeness (QED) is 0.155. The summed E-state index contributed by atoms with van der Waals surface area (Å²) in [5.74, 6) is -0.337. The van der Waals surface area contributed by atoms with Gasteiger partial charge in [-0.2, -0.15) is 0 Å². The highest BCUT2D eigenvalue weighted by Gasteiger charge is 2.30. The lowest BCUT2D eigenvalue weighted by atomic mass is 9.86. The number of unbranched alkanes of at least 4 members (excludes halogenated alkanes) is 3. The van der Waals surface area contributed by atoms with Gasteiger partial charge in [0.25, 0.3) is 0 Å². The smallest absolute Gasteiger partial charge is 0.345 e. The molecular weight excluding hydrogens is 460 g/mol. The number of rotatable bonds is 10. The molecule has 0 bridgehead atoms. The number of hydrogen-bond donors (Lipinski definition) is 2. The van der Waals surface area contributed by atoms with E-state index in [0.717, 1.165) is 37.8 Å².